The average molecular weight is 299 g/mol. The number of nitrogens with one attached hydrogen (secondary N) is 1. The van der Waals surface area contributed by atoms with Crippen LogP contribution in [0, 0.1) is 11.8 Å². The number of nitrogens with zero attached hydrogens (tertiary/aromatic N) is 1. The maximum Gasteiger partial charge on any atom is 0.326 e. The van der Waals surface area contributed by atoms with Gasteiger partial charge in [-0.2, -0.15) is 0 Å². The number of rotatable bonds is 6. The molecule has 1 fully saturated rings. The number of likely N-dealkylation sites (tertiary alicyclic amines) is 1. The quantitative estimate of drug-likeness (QED) is 0.672. The first-order valence-corrected chi connectivity index (χ1v) is 7.36. The van der Waals surface area contributed by atoms with Crippen LogP contribution in [0.25, 0.3) is 0 Å². The standard InChI is InChI=1S/C14H25N3O4/c1-9(2)7-11(13(19)20)16-14(21)17-5-3-10(4-6-17)8-12(15)18/h9-11H,3-8H2,1-2H3,(H2,15,18)(H,16,21)(H,19,20)/t11-/m1/s1. The van der Waals surface area contributed by atoms with Gasteiger partial charge in [0.25, 0.3) is 0 Å². The molecular weight excluding hydrogens is 274 g/mol. The van der Waals surface area contributed by atoms with Gasteiger partial charge in [0.15, 0.2) is 0 Å². The molecule has 1 heterocycles. The highest BCUT2D eigenvalue weighted by Gasteiger charge is 2.27. The zero-order chi connectivity index (χ0) is 16.0. The molecule has 0 saturated carbocycles. The summed E-state index contributed by atoms with van der Waals surface area (Å²) in [6, 6.07) is -1.21. The molecule has 1 rings (SSSR count). The molecule has 0 bridgehead atoms. The fourth-order valence-corrected chi connectivity index (χ4v) is 2.56. The van der Waals surface area contributed by atoms with Crippen molar-refractivity contribution in [3.8, 4) is 0 Å². The fraction of sp³-hybridized carbons (Fsp3) is 0.786. The van der Waals surface area contributed by atoms with Gasteiger partial charge < -0.3 is 21.1 Å². The Morgan fingerprint density at radius 1 is 1.29 bits per heavy atom. The summed E-state index contributed by atoms with van der Waals surface area (Å²) in [6.07, 6.45) is 2.19. The highest BCUT2D eigenvalue weighted by atomic mass is 16.4. The lowest BCUT2D eigenvalue weighted by atomic mass is 9.93. The summed E-state index contributed by atoms with van der Waals surface area (Å²) in [5, 5.41) is 11.7. The molecule has 21 heavy (non-hydrogen) atoms. The summed E-state index contributed by atoms with van der Waals surface area (Å²) in [5.74, 6) is -0.924. The van der Waals surface area contributed by atoms with Gasteiger partial charge in [-0.15, -0.1) is 0 Å². The molecule has 0 radical (unpaired) electrons. The Hall–Kier alpha value is -1.79. The van der Waals surface area contributed by atoms with Gasteiger partial charge in [-0.1, -0.05) is 13.8 Å². The number of hydrogen-bond acceptors (Lipinski definition) is 3. The highest BCUT2D eigenvalue weighted by Crippen LogP contribution is 2.20. The molecule has 7 heteroatoms. The van der Waals surface area contributed by atoms with Gasteiger partial charge in [-0.25, -0.2) is 9.59 Å². The lowest BCUT2D eigenvalue weighted by molar-refractivity contribution is -0.139. The van der Waals surface area contributed by atoms with Gasteiger partial charge in [0, 0.05) is 19.5 Å². The van der Waals surface area contributed by atoms with Crippen molar-refractivity contribution in [2.45, 2.75) is 45.6 Å². The van der Waals surface area contributed by atoms with Crippen molar-refractivity contribution >= 4 is 17.9 Å². The van der Waals surface area contributed by atoms with Crippen molar-refractivity contribution in [3.05, 3.63) is 0 Å². The van der Waals surface area contributed by atoms with Crippen molar-refractivity contribution in [2.24, 2.45) is 17.6 Å². The summed E-state index contributed by atoms with van der Waals surface area (Å²) >= 11 is 0. The van der Waals surface area contributed by atoms with Crippen LogP contribution >= 0.6 is 0 Å². The van der Waals surface area contributed by atoms with E-state index in [4.69, 9.17) is 10.8 Å². The van der Waals surface area contributed by atoms with Crippen LogP contribution in [-0.2, 0) is 9.59 Å². The number of carboxylic acid groups (broad SMARTS) is 1. The second-order valence-electron chi connectivity index (χ2n) is 6.07. The van der Waals surface area contributed by atoms with E-state index >= 15 is 0 Å². The van der Waals surface area contributed by atoms with Crippen LogP contribution in [0.15, 0.2) is 0 Å². The summed E-state index contributed by atoms with van der Waals surface area (Å²) < 4.78 is 0. The summed E-state index contributed by atoms with van der Waals surface area (Å²) in [6.45, 7) is 4.88. The number of carbonyl (C=O) groups is 3. The van der Waals surface area contributed by atoms with Crippen LogP contribution < -0.4 is 11.1 Å². The van der Waals surface area contributed by atoms with Crippen molar-refractivity contribution in [1.82, 2.24) is 10.2 Å². The zero-order valence-corrected chi connectivity index (χ0v) is 12.7. The fourth-order valence-electron chi connectivity index (χ4n) is 2.56. The first-order valence-electron chi connectivity index (χ1n) is 7.36. The third-order valence-corrected chi connectivity index (χ3v) is 3.69. The van der Waals surface area contributed by atoms with E-state index in [-0.39, 0.29) is 23.8 Å². The number of hydrogen-bond donors (Lipinski definition) is 3. The molecule has 0 aromatic carbocycles. The molecule has 1 atom stereocenters. The average Bonchev–Trinajstić information content (AvgIpc) is 2.37. The van der Waals surface area contributed by atoms with Crippen LogP contribution in [0.4, 0.5) is 4.79 Å². The third kappa shape index (κ3) is 6.01. The zero-order valence-electron chi connectivity index (χ0n) is 12.7. The van der Waals surface area contributed by atoms with E-state index in [1.807, 2.05) is 13.8 Å². The Kier molecular flexibility index (Phi) is 6.45. The molecule has 120 valence electrons. The molecule has 0 aromatic heterocycles. The van der Waals surface area contributed by atoms with Crippen LogP contribution in [0.3, 0.4) is 0 Å². The minimum absolute atomic E-state index is 0.188. The predicted molar refractivity (Wildman–Crippen MR) is 77.5 cm³/mol. The maximum absolute atomic E-state index is 12.1. The molecule has 4 N–H and O–H groups in total. The minimum atomic E-state index is -1.01. The van der Waals surface area contributed by atoms with E-state index in [0.29, 0.717) is 25.9 Å². The van der Waals surface area contributed by atoms with E-state index in [2.05, 4.69) is 5.32 Å². The van der Waals surface area contributed by atoms with Crippen LogP contribution in [-0.4, -0.2) is 47.0 Å². The number of carbonyl (C=O) groups excluding carboxylic acids is 2. The molecule has 1 saturated heterocycles. The van der Waals surface area contributed by atoms with Crippen LogP contribution in [0.5, 0.6) is 0 Å². The second kappa shape index (κ2) is 7.85. The molecule has 0 unspecified atom stereocenters. The highest BCUT2D eigenvalue weighted by molar-refractivity contribution is 5.82. The number of nitrogens with two attached hydrogens (primary N) is 1. The molecular formula is C14H25N3O4. The molecule has 1 aliphatic rings. The van der Waals surface area contributed by atoms with Crippen molar-refractivity contribution in [3.63, 3.8) is 0 Å². The summed E-state index contributed by atoms with van der Waals surface area (Å²) in [4.78, 5) is 35.7. The molecule has 3 amide bonds. The number of amides is 3. The molecule has 0 aliphatic carbocycles. The largest absolute Gasteiger partial charge is 0.480 e. The van der Waals surface area contributed by atoms with Crippen molar-refractivity contribution < 1.29 is 19.5 Å². The SMILES string of the molecule is CC(C)C[C@@H](NC(=O)N1CCC(CC(N)=O)CC1)C(=O)O. The van der Waals surface area contributed by atoms with Gasteiger partial charge in [0.1, 0.15) is 6.04 Å². The lowest BCUT2D eigenvalue weighted by Gasteiger charge is -2.32. The Morgan fingerprint density at radius 2 is 1.86 bits per heavy atom. The Labute approximate surface area is 124 Å². The Balaban J connectivity index is 2.45. The monoisotopic (exact) mass is 299 g/mol. The minimum Gasteiger partial charge on any atom is -0.480 e. The topological polar surface area (TPSA) is 113 Å². The lowest BCUT2D eigenvalue weighted by Crippen LogP contribution is -2.50. The maximum atomic E-state index is 12.1. The summed E-state index contributed by atoms with van der Waals surface area (Å²) in [7, 11) is 0. The van der Waals surface area contributed by atoms with E-state index in [9.17, 15) is 14.4 Å². The normalized spacial score (nSPS) is 17.6. The summed E-state index contributed by atoms with van der Waals surface area (Å²) in [5.41, 5.74) is 5.17. The van der Waals surface area contributed by atoms with Crippen LogP contribution in [0.2, 0.25) is 0 Å². The smallest absolute Gasteiger partial charge is 0.326 e. The number of carboxylic acids is 1. The molecule has 7 nitrogen and oxygen atoms in total. The van der Waals surface area contributed by atoms with Gasteiger partial charge in [-0.3, -0.25) is 4.79 Å². The first kappa shape index (κ1) is 17.3. The number of primary amides is 1. The van der Waals surface area contributed by atoms with Gasteiger partial charge in [-0.05, 0) is 31.1 Å². The van der Waals surface area contributed by atoms with Crippen molar-refractivity contribution in [2.75, 3.05) is 13.1 Å². The van der Waals surface area contributed by atoms with Gasteiger partial charge in [0.05, 0.1) is 0 Å². The van der Waals surface area contributed by atoms with E-state index < -0.39 is 12.0 Å². The second-order valence-corrected chi connectivity index (χ2v) is 6.07. The molecule has 0 aromatic rings. The Morgan fingerprint density at radius 3 is 2.29 bits per heavy atom. The predicted octanol–water partition coefficient (Wildman–Crippen LogP) is 0.783. The number of aliphatic carboxylic acids is 1. The molecule has 0 spiro atoms. The Bertz CT molecular complexity index is 390. The van der Waals surface area contributed by atoms with E-state index in [1.165, 1.54) is 0 Å². The van der Waals surface area contributed by atoms with Crippen LogP contribution in [0.1, 0.15) is 39.5 Å². The van der Waals surface area contributed by atoms with E-state index in [1.54, 1.807) is 4.90 Å². The van der Waals surface area contributed by atoms with Gasteiger partial charge in [0.2, 0.25) is 5.91 Å². The number of piperidine rings is 1. The van der Waals surface area contributed by atoms with Crippen molar-refractivity contribution in [1.29, 1.82) is 0 Å². The third-order valence-electron chi connectivity index (χ3n) is 3.69. The number of urea groups is 1. The van der Waals surface area contributed by atoms with E-state index in [0.717, 1.165) is 12.8 Å². The molecule has 1 aliphatic heterocycles. The van der Waals surface area contributed by atoms with Gasteiger partial charge >= 0.3 is 12.0 Å². The first-order chi connectivity index (χ1) is 9.79.